The lowest BCUT2D eigenvalue weighted by molar-refractivity contribution is -0.115. The fourth-order valence-corrected chi connectivity index (χ4v) is 3.02. The highest BCUT2D eigenvalue weighted by Crippen LogP contribution is 2.31. The molecule has 1 unspecified atom stereocenters. The second-order valence-electron chi connectivity index (χ2n) is 5.77. The molecule has 5 nitrogen and oxygen atoms in total. The Labute approximate surface area is 135 Å². The van der Waals surface area contributed by atoms with E-state index in [1.54, 1.807) is 24.3 Å². The summed E-state index contributed by atoms with van der Waals surface area (Å²) in [7, 11) is 0. The van der Waals surface area contributed by atoms with Crippen molar-refractivity contribution in [3.05, 3.63) is 59.7 Å². The summed E-state index contributed by atoms with van der Waals surface area (Å²) in [6, 6.07) is 15.1. The molecule has 118 valence electrons. The summed E-state index contributed by atoms with van der Waals surface area (Å²) < 4.78 is 0. The van der Waals surface area contributed by atoms with Gasteiger partial charge in [-0.1, -0.05) is 30.3 Å². The third kappa shape index (κ3) is 3.04. The molecule has 23 heavy (non-hydrogen) atoms. The third-order valence-electron chi connectivity index (χ3n) is 4.13. The summed E-state index contributed by atoms with van der Waals surface area (Å²) in [5, 5.41) is 2.79. The van der Waals surface area contributed by atoms with E-state index in [1.807, 2.05) is 18.2 Å². The predicted octanol–water partition coefficient (Wildman–Crippen LogP) is 2.18. The van der Waals surface area contributed by atoms with Gasteiger partial charge in [0.2, 0.25) is 5.91 Å². The number of primary amides is 1. The Morgan fingerprint density at radius 1 is 1.17 bits per heavy atom. The van der Waals surface area contributed by atoms with Crippen LogP contribution in [0.1, 0.15) is 22.8 Å². The number of fused-ring (bicyclic) bond motifs is 1. The number of carbonyl (C=O) groups is 2. The van der Waals surface area contributed by atoms with Crippen LogP contribution in [0.2, 0.25) is 0 Å². The minimum absolute atomic E-state index is 0.165. The van der Waals surface area contributed by atoms with Crippen LogP contribution in [0.15, 0.2) is 48.5 Å². The minimum atomic E-state index is -0.555. The van der Waals surface area contributed by atoms with E-state index >= 15 is 0 Å². The molecule has 2 aromatic carbocycles. The Bertz CT molecular complexity index is 757. The first-order valence-corrected chi connectivity index (χ1v) is 7.59. The number of carbonyl (C=O) groups excluding carboxylic acids is 2. The first-order chi connectivity index (χ1) is 11.1. The Kier molecular flexibility index (Phi) is 4.02. The minimum Gasteiger partial charge on any atom is -0.366 e. The number of nitrogens with two attached hydrogens (primary N) is 1. The number of para-hydroxylation sites is 2. The Balaban J connectivity index is 1.75. The number of hydrogen-bond donors (Lipinski definition) is 2. The first-order valence-electron chi connectivity index (χ1n) is 7.59. The van der Waals surface area contributed by atoms with Gasteiger partial charge in [-0.15, -0.1) is 0 Å². The van der Waals surface area contributed by atoms with Gasteiger partial charge in [-0.3, -0.25) is 9.59 Å². The monoisotopic (exact) mass is 309 g/mol. The molecule has 0 saturated carbocycles. The normalized spacial score (nSPS) is 16.0. The SMILES string of the molecule is CC1Cc2ccccc2N1CC(=O)Nc1ccccc1C(N)=O. The molecule has 3 N–H and O–H groups in total. The number of amides is 2. The van der Waals surface area contributed by atoms with E-state index in [2.05, 4.69) is 23.2 Å². The quantitative estimate of drug-likeness (QED) is 0.909. The average Bonchev–Trinajstić information content (AvgIpc) is 2.83. The zero-order valence-corrected chi connectivity index (χ0v) is 13.0. The van der Waals surface area contributed by atoms with E-state index in [9.17, 15) is 9.59 Å². The van der Waals surface area contributed by atoms with Crippen LogP contribution in [0, 0.1) is 0 Å². The maximum atomic E-state index is 12.4. The molecular formula is C18H19N3O2. The Morgan fingerprint density at radius 3 is 2.65 bits per heavy atom. The van der Waals surface area contributed by atoms with E-state index in [0.717, 1.165) is 12.1 Å². The first kappa shape index (κ1) is 15.1. The van der Waals surface area contributed by atoms with E-state index in [0.29, 0.717) is 11.3 Å². The maximum Gasteiger partial charge on any atom is 0.250 e. The summed E-state index contributed by atoms with van der Waals surface area (Å²) in [4.78, 5) is 25.9. The average molecular weight is 309 g/mol. The van der Waals surface area contributed by atoms with E-state index in [1.165, 1.54) is 5.56 Å². The van der Waals surface area contributed by atoms with Crippen LogP contribution < -0.4 is 16.0 Å². The fraction of sp³-hybridized carbons (Fsp3) is 0.222. The highest BCUT2D eigenvalue weighted by molar-refractivity contribution is 6.04. The van der Waals surface area contributed by atoms with Crippen LogP contribution in [-0.2, 0) is 11.2 Å². The van der Waals surface area contributed by atoms with Crippen LogP contribution in [0.5, 0.6) is 0 Å². The summed E-state index contributed by atoms with van der Waals surface area (Å²) in [5.74, 6) is -0.719. The van der Waals surface area contributed by atoms with Gasteiger partial charge in [0, 0.05) is 11.7 Å². The molecule has 0 radical (unpaired) electrons. The molecule has 0 spiro atoms. The lowest BCUT2D eigenvalue weighted by atomic mass is 10.1. The van der Waals surface area contributed by atoms with Gasteiger partial charge in [0.15, 0.2) is 0 Å². The number of benzene rings is 2. The van der Waals surface area contributed by atoms with Gasteiger partial charge < -0.3 is 16.0 Å². The zero-order valence-electron chi connectivity index (χ0n) is 13.0. The molecular weight excluding hydrogens is 290 g/mol. The third-order valence-corrected chi connectivity index (χ3v) is 4.13. The fourth-order valence-electron chi connectivity index (χ4n) is 3.02. The van der Waals surface area contributed by atoms with Crippen LogP contribution in [-0.4, -0.2) is 24.4 Å². The standard InChI is InChI=1S/C18H19N3O2/c1-12-10-13-6-2-5-9-16(13)21(12)11-17(22)20-15-8-4-3-7-14(15)18(19)23/h2-9,12H,10-11H2,1H3,(H2,19,23)(H,20,22). The second kappa shape index (κ2) is 6.12. The number of nitrogens with zero attached hydrogens (tertiary/aromatic N) is 1. The van der Waals surface area contributed by atoms with Crippen molar-refractivity contribution in [3.8, 4) is 0 Å². The largest absolute Gasteiger partial charge is 0.366 e. The summed E-state index contributed by atoms with van der Waals surface area (Å²) in [6.45, 7) is 2.34. The number of anilines is 2. The molecule has 3 rings (SSSR count). The van der Waals surface area contributed by atoms with Crippen LogP contribution >= 0.6 is 0 Å². The Morgan fingerprint density at radius 2 is 1.87 bits per heavy atom. The van der Waals surface area contributed by atoms with Gasteiger partial charge >= 0.3 is 0 Å². The van der Waals surface area contributed by atoms with Crippen molar-refractivity contribution < 1.29 is 9.59 Å². The lowest BCUT2D eigenvalue weighted by Gasteiger charge is -2.24. The van der Waals surface area contributed by atoms with Gasteiger partial charge in [-0.05, 0) is 37.1 Å². The molecule has 1 atom stereocenters. The number of nitrogens with one attached hydrogen (secondary N) is 1. The molecule has 0 bridgehead atoms. The summed E-state index contributed by atoms with van der Waals surface area (Å²) in [6.07, 6.45) is 0.932. The van der Waals surface area contributed by atoms with Crippen molar-refractivity contribution in [3.63, 3.8) is 0 Å². The van der Waals surface area contributed by atoms with Crippen molar-refractivity contribution >= 4 is 23.2 Å². The number of rotatable bonds is 4. The van der Waals surface area contributed by atoms with Crippen molar-refractivity contribution in [2.24, 2.45) is 5.73 Å². The van der Waals surface area contributed by atoms with E-state index in [4.69, 9.17) is 5.73 Å². The van der Waals surface area contributed by atoms with E-state index < -0.39 is 5.91 Å². The van der Waals surface area contributed by atoms with Crippen LogP contribution in [0.3, 0.4) is 0 Å². The van der Waals surface area contributed by atoms with Gasteiger partial charge in [0.25, 0.3) is 5.91 Å². The topological polar surface area (TPSA) is 75.4 Å². The highest BCUT2D eigenvalue weighted by Gasteiger charge is 2.27. The van der Waals surface area contributed by atoms with Gasteiger partial charge in [-0.25, -0.2) is 0 Å². The highest BCUT2D eigenvalue weighted by atomic mass is 16.2. The van der Waals surface area contributed by atoms with Gasteiger partial charge in [0.05, 0.1) is 17.8 Å². The molecule has 0 saturated heterocycles. The smallest absolute Gasteiger partial charge is 0.250 e. The molecule has 0 aliphatic carbocycles. The van der Waals surface area contributed by atoms with Crippen molar-refractivity contribution in [1.29, 1.82) is 0 Å². The van der Waals surface area contributed by atoms with Crippen molar-refractivity contribution in [2.45, 2.75) is 19.4 Å². The van der Waals surface area contributed by atoms with Gasteiger partial charge in [-0.2, -0.15) is 0 Å². The maximum absolute atomic E-state index is 12.4. The lowest BCUT2D eigenvalue weighted by Crippen LogP contribution is -2.37. The van der Waals surface area contributed by atoms with Crippen LogP contribution in [0.25, 0.3) is 0 Å². The molecule has 0 aromatic heterocycles. The molecule has 2 amide bonds. The molecule has 1 aliphatic heterocycles. The number of hydrogen-bond acceptors (Lipinski definition) is 3. The molecule has 5 heteroatoms. The zero-order chi connectivity index (χ0) is 16.4. The van der Waals surface area contributed by atoms with Gasteiger partial charge in [0.1, 0.15) is 0 Å². The van der Waals surface area contributed by atoms with Crippen molar-refractivity contribution in [1.82, 2.24) is 0 Å². The van der Waals surface area contributed by atoms with Crippen molar-refractivity contribution in [2.75, 3.05) is 16.8 Å². The molecule has 1 aliphatic rings. The second-order valence-corrected chi connectivity index (χ2v) is 5.77. The molecule has 2 aromatic rings. The van der Waals surface area contributed by atoms with E-state index in [-0.39, 0.29) is 18.5 Å². The van der Waals surface area contributed by atoms with Crippen LogP contribution in [0.4, 0.5) is 11.4 Å². The molecule has 0 fully saturated rings. The Hall–Kier alpha value is -2.82. The predicted molar refractivity (Wildman–Crippen MR) is 90.5 cm³/mol. The molecule has 1 heterocycles. The summed E-state index contributed by atoms with van der Waals surface area (Å²) in [5.41, 5.74) is 8.45. The summed E-state index contributed by atoms with van der Waals surface area (Å²) >= 11 is 0.